The van der Waals surface area contributed by atoms with Crippen LogP contribution in [0.4, 0.5) is 0 Å². The summed E-state index contributed by atoms with van der Waals surface area (Å²) in [6.45, 7) is 16.0. The molecule has 0 fully saturated rings. The van der Waals surface area contributed by atoms with Crippen LogP contribution in [-0.4, -0.2) is 56.0 Å². The number of carbonyl (C=O) groups is 4. The molecule has 0 aliphatic rings. The van der Waals surface area contributed by atoms with Crippen molar-refractivity contribution in [3.8, 4) is 0 Å². The summed E-state index contributed by atoms with van der Waals surface area (Å²) in [5.74, 6) is -2.23. The van der Waals surface area contributed by atoms with Crippen LogP contribution in [0.1, 0.15) is 105 Å². The molecule has 41 heavy (non-hydrogen) atoms. The molecule has 232 valence electrons. The maximum atomic E-state index is 12.9. The summed E-state index contributed by atoms with van der Waals surface area (Å²) in [4.78, 5) is 50.0. The second-order valence-electron chi connectivity index (χ2n) is 10.8. The Morgan fingerprint density at radius 3 is 1.27 bits per heavy atom. The van der Waals surface area contributed by atoms with E-state index in [1.807, 2.05) is 0 Å². The Morgan fingerprint density at radius 2 is 0.927 bits per heavy atom. The van der Waals surface area contributed by atoms with Gasteiger partial charge in [-0.3, -0.25) is 0 Å². The van der Waals surface area contributed by atoms with E-state index in [9.17, 15) is 19.2 Å². The van der Waals surface area contributed by atoms with E-state index < -0.39 is 43.0 Å². The van der Waals surface area contributed by atoms with Crippen LogP contribution in [0.3, 0.4) is 0 Å². The van der Waals surface area contributed by atoms with Crippen molar-refractivity contribution in [3.63, 3.8) is 0 Å². The van der Waals surface area contributed by atoms with Crippen LogP contribution in [0.5, 0.6) is 0 Å². The summed E-state index contributed by atoms with van der Waals surface area (Å²) < 4.78 is 13.1. The molecule has 0 spiro atoms. The van der Waals surface area contributed by atoms with E-state index in [0.717, 1.165) is 99.7 Å². The first-order valence-electron chi connectivity index (χ1n) is 15.2. The molecule has 0 aromatic heterocycles. The van der Waals surface area contributed by atoms with Gasteiger partial charge in [-0.1, -0.05) is 0 Å². The topological polar surface area (TPSA) is 111 Å². The van der Waals surface area contributed by atoms with Crippen LogP contribution in [0.25, 0.3) is 0 Å². The number of nitrogens with one attached hydrogen (secondary N) is 2. The van der Waals surface area contributed by atoms with E-state index in [1.54, 1.807) is 13.8 Å². The van der Waals surface area contributed by atoms with E-state index in [0.29, 0.717) is 22.0 Å². The van der Waals surface area contributed by atoms with Crippen molar-refractivity contribution in [1.29, 1.82) is 0 Å². The average Bonchev–Trinajstić information content (AvgIpc) is 2.92. The summed E-state index contributed by atoms with van der Waals surface area (Å²) in [5, 5.41) is 5.28. The van der Waals surface area contributed by atoms with Crippen LogP contribution >= 0.6 is 0 Å². The van der Waals surface area contributed by atoms with Gasteiger partial charge in [0.15, 0.2) is 0 Å². The zero-order valence-corrected chi connectivity index (χ0v) is 28.8. The van der Waals surface area contributed by atoms with Crippen molar-refractivity contribution in [3.05, 3.63) is 48.6 Å². The van der Waals surface area contributed by atoms with Gasteiger partial charge >= 0.3 is 254 Å². The summed E-state index contributed by atoms with van der Waals surface area (Å²) >= 11 is -4.33. The first-order valence-corrected chi connectivity index (χ1v) is 21.6. The first kappa shape index (κ1) is 38.6. The Hall–Kier alpha value is -2.36. The van der Waals surface area contributed by atoms with E-state index in [-0.39, 0.29) is 0 Å². The molecule has 8 nitrogen and oxygen atoms in total. The molecule has 0 aromatic rings. The molecule has 0 unspecified atom stereocenters. The second kappa shape index (κ2) is 24.3. The standard InChI is InChI=1S/2C8H11NO3.2C8H17.Sn/c2*1-6(2)5-9-7(10)3-4-8(11)12;2*1-3-5-7-8-6-4-2;/h2*3-4H,1,5H2,2H3,(H,9,10)(H,11,12);2*1,3-8H2,2H3;/q;;;;+2/p-2/b2*4-3+;;;. The second-order valence-corrected chi connectivity index (χ2v) is 20.0. The van der Waals surface area contributed by atoms with Crippen molar-refractivity contribution in [1.82, 2.24) is 10.6 Å². The van der Waals surface area contributed by atoms with Gasteiger partial charge < -0.3 is 0 Å². The molecule has 0 radical (unpaired) electrons. The molecule has 0 atom stereocenters. The number of hydrogen-bond acceptors (Lipinski definition) is 6. The zero-order chi connectivity index (χ0) is 30.9. The Morgan fingerprint density at radius 1 is 0.585 bits per heavy atom. The molecule has 9 heteroatoms. The van der Waals surface area contributed by atoms with Crippen molar-refractivity contribution in [2.24, 2.45) is 0 Å². The zero-order valence-electron chi connectivity index (χ0n) is 26.0. The number of unbranched alkanes of at least 4 members (excludes halogenated alkanes) is 10. The minimum absolute atomic E-state index is 0.307. The predicted octanol–water partition coefficient (Wildman–Crippen LogP) is 6.73. The van der Waals surface area contributed by atoms with Crippen LogP contribution < -0.4 is 10.6 Å². The molecule has 0 bridgehead atoms. The van der Waals surface area contributed by atoms with Crippen LogP contribution in [0.15, 0.2) is 48.6 Å². The van der Waals surface area contributed by atoms with Gasteiger partial charge in [0.2, 0.25) is 0 Å². The molecular formula is C32H54N2O6Sn. The summed E-state index contributed by atoms with van der Waals surface area (Å²) in [5.41, 5.74) is 1.58. The summed E-state index contributed by atoms with van der Waals surface area (Å²) in [6.07, 6.45) is 17.0. The van der Waals surface area contributed by atoms with Gasteiger partial charge in [0.25, 0.3) is 0 Å². The fourth-order valence-electron chi connectivity index (χ4n) is 4.02. The molecule has 0 aromatic carbocycles. The Kier molecular flexibility index (Phi) is 22.9. The predicted molar refractivity (Wildman–Crippen MR) is 168 cm³/mol. The number of rotatable bonds is 24. The third-order valence-electron chi connectivity index (χ3n) is 6.27. The number of hydrogen-bond donors (Lipinski definition) is 2. The molecular weight excluding hydrogens is 627 g/mol. The van der Waals surface area contributed by atoms with Gasteiger partial charge in [0.05, 0.1) is 0 Å². The molecule has 2 N–H and O–H groups in total. The molecule has 0 saturated carbocycles. The Bertz CT molecular complexity index is 825. The molecule has 2 amide bonds. The van der Waals surface area contributed by atoms with Gasteiger partial charge in [-0.25, -0.2) is 0 Å². The SMILES string of the molecule is C=C(C)CNC(=O)/C=C/C(=O)[O][Sn]([CH2]CCCCCCC)([CH2]CCCCCCC)[O]C(=O)/C=C/C(=O)NCC(=C)C. The molecule has 0 saturated heterocycles. The van der Waals surface area contributed by atoms with E-state index >= 15 is 0 Å². The minimum atomic E-state index is -4.33. The van der Waals surface area contributed by atoms with Gasteiger partial charge in [-0.15, -0.1) is 0 Å². The normalized spacial score (nSPS) is 11.4. The maximum absolute atomic E-state index is 12.9. The first-order chi connectivity index (χ1) is 19.5. The third kappa shape index (κ3) is 23.0. The van der Waals surface area contributed by atoms with Gasteiger partial charge in [-0.2, -0.15) is 0 Å². The monoisotopic (exact) mass is 682 g/mol. The Balaban J connectivity index is 5.72. The van der Waals surface area contributed by atoms with Gasteiger partial charge in [0.1, 0.15) is 0 Å². The van der Waals surface area contributed by atoms with Gasteiger partial charge in [0, 0.05) is 0 Å². The van der Waals surface area contributed by atoms with Crippen LogP contribution in [0.2, 0.25) is 8.87 Å². The van der Waals surface area contributed by atoms with Crippen molar-refractivity contribution in [2.45, 2.75) is 114 Å². The van der Waals surface area contributed by atoms with Crippen LogP contribution in [-0.2, 0) is 25.3 Å². The van der Waals surface area contributed by atoms with Crippen molar-refractivity contribution >= 4 is 43.0 Å². The average molecular weight is 682 g/mol. The summed E-state index contributed by atoms with van der Waals surface area (Å²) in [6, 6.07) is 0. The van der Waals surface area contributed by atoms with Crippen molar-refractivity contribution < 1.29 is 25.3 Å². The fourth-order valence-corrected chi connectivity index (χ4v) is 13.0. The quantitative estimate of drug-likeness (QED) is 0.0506. The summed E-state index contributed by atoms with van der Waals surface area (Å²) in [7, 11) is 0. The van der Waals surface area contributed by atoms with Crippen molar-refractivity contribution in [2.75, 3.05) is 13.1 Å². The molecule has 0 heterocycles. The fraction of sp³-hybridized carbons (Fsp3) is 0.625. The number of carbonyl (C=O) groups excluding carboxylic acids is 4. The number of amides is 2. The molecule has 0 rings (SSSR count). The van der Waals surface area contributed by atoms with E-state index in [1.165, 1.54) is 12.8 Å². The van der Waals surface area contributed by atoms with Gasteiger partial charge in [-0.05, 0) is 0 Å². The van der Waals surface area contributed by atoms with E-state index in [2.05, 4.69) is 37.6 Å². The third-order valence-corrected chi connectivity index (χ3v) is 15.9. The van der Waals surface area contributed by atoms with E-state index in [4.69, 9.17) is 6.15 Å². The molecule has 0 aliphatic heterocycles. The van der Waals surface area contributed by atoms with Crippen LogP contribution in [0, 0.1) is 0 Å². The molecule has 0 aliphatic carbocycles. The Labute approximate surface area is 253 Å².